The van der Waals surface area contributed by atoms with E-state index in [-0.39, 0.29) is 16.9 Å². The van der Waals surface area contributed by atoms with E-state index in [9.17, 15) is 13.5 Å². The molecular formula is C15H24N2O3S. The van der Waals surface area contributed by atoms with Gasteiger partial charge in [0.1, 0.15) is 0 Å². The van der Waals surface area contributed by atoms with E-state index in [1.54, 1.807) is 12.3 Å². The zero-order chi connectivity index (χ0) is 15.1. The van der Waals surface area contributed by atoms with Crippen LogP contribution in [0.1, 0.15) is 57.2 Å². The second-order valence-electron chi connectivity index (χ2n) is 6.50. The van der Waals surface area contributed by atoms with Crippen molar-refractivity contribution in [2.24, 2.45) is 5.41 Å². The Balaban J connectivity index is 1.75. The molecule has 2 saturated carbocycles. The fourth-order valence-electron chi connectivity index (χ4n) is 3.13. The van der Waals surface area contributed by atoms with E-state index in [1.807, 2.05) is 4.57 Å². The zero-order valence-corrected chi connectivity index (χ0v) is 13.3. The number of nitrogens with zero attached hydrogens (tertiary/aromatic N) is 1. The Morgan fingerprint density at radius 1 is 1.43 bits per heavy atom. The summed E-state index contributed by atoms with van der Waals surface area (Å²) >= 11 is 0. The van der Waals surface area contributed by atoms with Gasteiger partial charge in [0.2, 0.25) is 10.0 Å². The Morgan fingerprint density at radius 3 is 2.62 bits per heavy atom. The summed E-state index contributed by atoms with van der Waals surface area (Å²) in [4.78, 5) is 0.282. The SMILES string of the molecule is CCC1(CNS(=O)(=O)c2cc(CO)n(C3CC3)c2)CCC1. The Kier molecular flexibility index (Phi) is 3.88. The highest BCUT2D eigenvalue weighted by Crippen LogP contribution is 2.43. The van der Waals surface area contributed by atoms with Crippen molar-refractivity contribution in [2.75, 3.05) is 6.54 Å². The fourth-order valence-corrected chi connectivity index (χ4v) is 4.33. The van der Waals surface area contributed by atoms with Crippen molar-refractivity contribution in [1.29, 1.82) is 0 Å². The van der Waals surface area contributed by atoms with E-state index in [4.69, 9.17) is 0 Å². The molecule has 2 aliphatic carbocycles. The molecule has 0 spiro atoms. The summed E-state index contributed by atoms with van der Waals surface area (Å²) in [7, 11) is -3.48. The molecule has 0 aliphatic heterocycles. The largest absolute Gasteiger partial charge is 0.390 e. The van der Waals surface area contributed by atoms with Crippen LogP contribution in [0.5, 0.6) is 0 Å². The summed E-state index contributed by atoms with van der Waals surface area (Å²) < 4.78 is 29.6. The third-order valence-electron chi connectivity index (χ3n) is 5.12. The molecule has 2 aliphatic rings. The van der Waals surface area contributed by atoms with Gasteiger partial charge in [0.25, 0.3) is 0 Å². The van der Waals surface area contributed by atoms with Crippen LogP contribution < -0.4 is 4.72 Å². The van der Waals surface area contributed by atoms with Crippen molar-refractivity contribution in [3.8, 4) is 0 Å². The van der Waals surface area contributed by atoms with Crippen LogP contribution in [0.3, 0.4) is 0 Å². The van der Waals surface area contributed by atoms with Gasteiger partial charge in [-0.1, -0.05) is 13.3 Å². The van der Waals surface area contributed by atoms with Crippen LogP contribution in [0.15, 0.2) is 17.2 Å². The van der Waals surface area contributed by atoms with E-state index >= 15 is 0 Å². The van der Waals surface area contributed by atoms with Gasteiger partial charge in [-0.2, -0.15) is 0 Å². The second kappa shape index (κ2) is 5.41. The summed E-state index contributed by atoms with van der Waals surface area (Å²) in [6, 6.07) is 1.96. The Morgan fingerprint density at radius 2 is 2.14 bits per heavy atom. The fraction of sp³-hybridized carbons (Fsp3) is 0.733. The van der Waals surface area contributed by atoms with Crippen molar-refractivity contribution in [2.45, 2.75) is 63.0 Å². The summed E-state index contributed by atoms with van der Waals surface area (Å²) in [5.74, 6) is 0. The molecule has 0 amide bonds. The van der Waals surface area contributed by atoms with Crippen molar-refractivity contribution in [3.63, 3.8) is 0 Å². The molecule has 118 valence electrons. The highest BCUT2D eigenvalue weighted by Gasteiger charge is 2.36. The maximum atomic E-state index is 12.5. The van der Waals surface area contributed by atoms with Gasteiger partial charge in [0.05, 0.1) is 11.5 Å². The number of aromatic nitrogens is 1. The maximum Gasteiger partial charge on any atom is 0.242 e. The quantitative estimate of drug-likeness (QED) is 0.810. The normalized spacial score (nSPS) is 21.2. The monoisotopic (exact) mass is 312 g/mol. The van der Waals surface area contributed by atoms with E-state index in [0.717, 1.165) is 32.1 Å². The van der Waals surface area contributed by atoms with Crippen LogP contribution in [0.4, 0.5) is 0 Å². The predicted molar refractivity (Wildman–Crippen MR) is 80.4 cm³/mol. The molecule has 0 saturated heterocycles. The lowest BCUT2D eigenvalue weighted by Crippen LogP contribution is -2.41. The number of aliphatic hydroxyl groups is 1. The highest BCUT2D eigenvalue weighted by atomic mass is 32.2. The average Bonchev–Trinajstić information content (AvgIpc) is 3.16. The molecule has 6 heteroatoms. The van der Waals surface area contributed by atoms with E-state index < -0.39 is 10.0 Å². The third-order valence-corrected chi connectivity index (χ3v) is 6.49. The first kappa shape index (κ1) is 15.1. The van der Waals surface area contributed by atoms with Gasteiger partial charge in [0.15, 0.2) is 0 Å². The summed E-state index contributed by atoms with van der Waals surface area (Å²) in [5.41, 5.74) is 0.845. The molecule has 0 radical (unpaired) electrons. The van der Waals surface area contributed by atoms with Crippen LogP contribution in [0.25, 0.3) is 0 Å². The molecule has 3 rings (SSSR count). The van der Waals surface area contributed by atoms with Crippen LogP contribution in [0, 0.1) is 5.41 Å². The standard InChI is InChI=1S/C15H24N2O3S/c1-2-15(6-3-7-15)11-16-21(19,20)14-8-13(10-18)17(9-14)12-4-5-12/h8-9,12,16,18H,2-7,10-11H2,1H3. The lowest BCUT2D eigenvalue weighted by molar-refractivity contribution is 0.133. The Bertz CT molecular complexity index is 607. The number of aliphatic hydroxyl groups excluding tert-OH is 1. The van der Waals surface area contributed by atoms with Gasteiger partial charge in [-0.25, -0.2) is 13.1 Å². The van der Waals surface area contributed by atoms with Gasteiger partial charge in [-0.3, -0.25) is 0 Å². The summed E-state index contributed by atoms with van der Waals surface area (Å²) in [6.45, 7) is 2.53. The smallest absolute Gasteiger partial charge is 0.242 e. The molecule has 1 aromatic heterocycles. The molecule has 0 aromatic carbocycles. The van der Waals surface area contributed by atoms with Crippen LogP contribution in [-0.2, 0) is 16.6 Å². The molecule has 2 fully saturated rings. The van der Waals surface area contributed by atoms with Crippen LogP contribution in [-0.4, -0.2) is 24.6 Å². The third kappa shape index (κ3) is 2.89. The minimum Gasteiger partial charge on any atom is -0.390 e. The van der Waals surface area contributed by atoms with Crippen LogP contribution >= 0.6 is 0 Å². The summed E-state index contributed by atoms with van der Waals surface area (Å²) in [6.07, 6.45) is 8.23. The first-order chi connectivity index (χ1) is 10.00. The first-order valence-corrected chi connectivity index (χ1v) is 9.29. The molecule has 0 atom stereocenters. The predicted octanol–water partition coefficient (Wildman–Crippen LogP) is 2.17. The minimum absolute atomic E-state index is 0.120. The number of rotatable bonds is 7. The van der Waals surface area contributed by atoms with Gasteiger partial charge in [-0.15, -0.1) is 0 Å². The lowest BCUT2D eigenvalue weighted by Gasteiger charge is -2.41. The molecule has 2 N–H and O–H groups in total. The lowest BCUT2D eigenvalue weighted by atomic mass is 9.67. The van der Waals surface area contributed by atoms with Crippen molar-refractivity contribution in [1.82, 2.24) is 9.29 Å². The maximum absolute atomic E-state index is 12.5. The number of nitrogens with one attached hydrogen (secondary N) is 1. The van der Waals surface area contributed by atoms with Crippen molar-refractivity contribution in [3.05, 3.63) is 18.0 Å². The Labute approximate surface area is 126 Å². The molecule has 21 heavy (non-hydrogen) atoms. The van der Waals surface area contributed by atoms with Gasteiger partial charge in [0, 0.05) is 24.5 Å². The van der Waals surface area contributed by atoms with Gasteiger partial charge in [-0.05, 0) is 43.6 Å². The van der Waals surface area contributed by atoms with Crippen molar-refractivity contribution >= 4 is 10.0 Å². The van der Waals surface area contributed by atoms with Crippen LogP contribution in [0.2, 0.25) is 0 Å². The Hall–Kier alpha value is -0.850. The van der Waals surface area contributed by atoms with Gasteiger partial charge >= 0.3 is 0 Å². The molecule has 0 unspecified atom stereocenters. The first-order valence-electron chi connectivity index (χ1n) is 7.81. The number of hydrogen-bond acceptors (Lipinski definition) is 3. The highest BCUT2D eigenvalue weighted by molar-refractivity contribution is 7.89. The second-order valence-corrected chi connectivity index (χ2v) is 8.26. The van der Waals surface area contributed by atoms with E-state index in [0.29, 0.717) is 18.3 Å². The topological polar surface area (TPSA) is 71.3 Å². The minimum atomic E-state index is -3.48. The molecular weight excluding hydrogens is 288 g/mol. The molecule has 0 bridgehead atoms. The zero-order valence-electron chi connectivity index (χ0n) is 12.5. The average molecular weight is 312 g/mol. The molecule has 1 aromatic rings. The van der Waals surface area contributed by atoms with E-state index in [1.165, 1.54) is 6.42 Å². The number of hydrogen-bond donors (Lipinski definition) is 2. The molecule has 5 nitrogen and oxygen atoms in total. The van der Waals surface area contributed by atoms with E-state index in [2.05, 4.69) is 11.6 Å². The van der Waals surface area contributed by atoms with Crippen molar-refractivity contribution < 1.29 is 13.5 Å². The van der Waals surface area contributed by atoms with Gasteiger partial charge < -0.3 is 9.67 Å². The number of sulfonamides is 1. The summed E-state index contributed by atoms with van der Waals surface area (Å²) in [5, 5.41) is 9.38. The molecule has 1 heterocycles.